The highest BCUT2D eigenvalue weighted by atomic mass is 16.5. The molecule has 0 radical (unpaired) electrons. The van der Waals surface area contributed by atoms with Gasteiger partial charge < -0.3 is 14.5 Å². The van der Waals surface area contributed by atoms with Gasteiger partial charge in [-0.1, -0.05) is 19.0 Å². The third-order valence-corrected chi connectivity index (χ3v) is 4.24. The highest BCUT2D eigenvalue weighted by Gasteiger charge is 2.35. The molecule has 1 N–H and O–H groups in total. The SMILES string of the molecule is Cc1cc(C[C@@H]2CN(C(=O)c3ccnc(C(C)C)n3)C[C@@H]2O)on1. The van der Waals surface area contributed by atoms with Crippen molar-refractivity contribution in [2.75, 3.05) is 13.1 Å². The van der Waals surface area contributed by atoms with Crippen LogP contribution in [-0.4, -0.2) is 50.2 Å². The van der Waals surface area contributed by atoms with Crippen molar-refractivity contribution in [1.29, 1.82) is 0 Å². The van der Waals surface area contributed by atoms with Gasteiger partial charge in [-0.05, 0) is 13.0 Å². The number of hydrogen-bond donors (Lipinski definition) is 1. The van der Waals surface area contributed by atoms with Gasteiger partial charge in [0.05, 0.1) is 11.8 Å². The minimum atomic E-state index is -0.578. The largest absolute Gasteiger partial charge is 0.391 e. The number of likely N-dealkylation sites (tertiary alicyclic amines) is 1. The summed E-state index contributed by atoms with van der Waals surface area (Å²) in [7, 11) is 0. The first-order valence-corrected chi connectivity index (χ1v) is 8.16. The molecule has 0 unspecified atom stereocenters. The van der Waals surface area contributed by atoms with Crippen molar-refractivity contribution in [3.63, 3.8) is 0 Å². The Labute approximate surface area is 140 Å². The molecule has 0 spiro atoms. The van der Waals surface area contributed by atoms with Crippen molar-refractivity contribution in [2.45, 2.75) is 39.2 Å². The quantitative estimate of drug-likeness (QED) is 0.915. The highest BCUT2D eigenvalue weighted by molar-refractivity contribution is 5.92. The number of carbonyl (C=O) groups excluding carboxylic acids is 1. The average Bonchev–Trinajstić information content (AvgIpc) is 3.13. The molecule has 7 heteroatoms. The van der Waals surface area contributed by atoms with Gasteiger partial charge in [-0.15, -0.1) is 0 Å². The zero-order chi connectivity index (χ0) is 17.3. The average molecular weight is 330 g/mol. The normalized spacial score (nSPS) is 20.8. The van der Waals surface area contributed by atoms with Crippen molar-refractivity contribution < 1.29 is 14.4 Å². The zero-order valence-corrected chi connectivity index (χ0v) is 14.1. The Morgan fingerprint density at radius 3 is 2.92 bits per heavy atom. The zero-order valence-electron chi connectivity index (χ0n) is 14.1. The minimum absolute atomic E-state index is 0.0623. The van der Waals surface area contributed by atoms with E-state index < -0.39 is 6.10 Å². The van der Waals surface area contributed by atoms with Gasteiger partial charge in [0.15, 0.2) is 0 Å². The summed E-state index contributed by atoms with van der Waals surface area (Å²) in [6.07, 6.45) is 1.59. The highest BCUT2D eigenvalue weighted by Crippen LogP contribution is 2.23. The van der Waals surface area contributed by atoms with E-state index in [0.29, 0.717) is 31.0 Å². The summed E-state index contributed by atoms with van der Waals surface area (Å²) >= 11 is 0. The van der Waals surface area contributed by atoms with Crippen LogP contribution in [0.3, 0.4) is 0 Å². The Balaban J connectivity index is 1.69. The first-order valence-electron chi connectivity index (χ1n) is 8.16. The van der Waals surface area contributed by atoms with Gasteiger partial charge >= 0.3 is 0 Å². The number of nitrogens with zero attached hydrogens (tertiary/aromatic N) is 4. The van der Waals surface area contributed by atoms with Crippen LogP contribution in [0.25, 0.3) is 0 Å². The number of aliphatic hydroxyl groups is 1. The number of aliphatic hydroxyl groups excluding tert-OH is 1. The maximum atomic E-state index is 12.7. The third-order valence-electron chi connectivity index (χ3n) is 4.24. The monoisotopic (exact) mass is 330 g/mol. The van der Waals surface area contributed by atoms with Gasteiger partial charge in [0, 0.05) is 43.6 Å². The van der Waals surface area contributed by atoms with E-state index in [1.807, 2.05) is 26.8 Å². The molecule has 1 amide bonds. The lowest BCUT2D eigenvalue weighted by molar-refractivity contribution is 0.0758. The first-order chi connectivity index (χ1) is 11.4. The molecule has 1 aliphatic heterocycles. The second-order valence-corrected chi connectivity index (χ2v) is 6.63. The Morgan fingerprint density at radius 1 is 1.46 bits per heavy atom. The van der Waals surface area contributed by atoms with Gasteiger partial charge in [-0.25, -0.2) is 9.97 Å². The molecule has 1 saturated heterocycles. The van der Waals surface area contributed by atoms with Crippen molar-refractivity contribution in [3.8, 4) is 0 Å². The molecule has 0 aromatic carbocycles. The van der Waals surface area contributed by atoms with Gasteiger partial charge in [0.1, 0.15) is 17.3 Å². The van der Waals surface area contributed by atoms with Crippen molar-refractivity contribution >= 4 is 5.91 Å². The number of amides is 1. The Morgan fingerprint density at radius 2 is 2.25 bits per heavy atom. The van der Waals surface area contributed by atoms with E-state index in [-0.39, 0.29) is 17.7 Å². The molecule has 1 aliphatic rings. The predicted molar refractivity (Wildman–Crippen MR) is 86.5 cm³/mol. The number of hydrogen-bond acceptors (Lipinski definition) is 6. The molecule has 0 saturated carbocycles. The molecule has 0 aliphatic carbocycles. The van der Waals surface area contributed by atoms with E-state index in [0.717, 1.165) is 11.5 Å². The van der Waals surface area contributed by atoms with Crippen molar-refractivity contribution in [3.05, 3.63) is 41.3 Å². The number of β-amino-alcohol motifs (C(OH)–C–C–N with tert-alkyl or cyclic N) is 1. The topological polar surface area (TPSA) is 92.4 Å². The first kappa shape index (κ1) is 16.6. The number of rotatable bonds is 4. The maximum absolute atomic E-state index is 12.7. The Kier molecular flexibility index (Phi) is 4.62. The smallest absolute Gasteiger partial charge is 0.272 e. The van der Waals surface area contributed by atoms with E-state index >= 15 is 0 Å². The van der Waals surface area contributed by atoms with Gasteiger partial charge in [-0.3, -0.25) is 4.79 Å². The molecule has 2 aromatic heterocycles. The predicted octanol–water partition coefficient (Wildman–Crippen LogP) is 1.57. The molecule has 1 fully saturated rings. The van der Waals surface area contributed by atoms with E-state index in [1.54, 1.807) is 17.2 Å². The van der Waals surface area contributed by atoms with E-state index in [4.69, 9.17) is 4.52 Å². The minimum Gasteiger partial charge on any atom is -0.391 e. The number of aromatic nitrogens is 3. The summed E-state index contributed by atoms with van der Waals surface area (Å²) in [5.74, 6) is 1.30. The van der Waals surface area contributed by atoms with E-state index in [2.05, 4.69) is 15.1 Å². The summed E-state index contributed by atoms with van der Waals surface area (Å²) < 4.78 is 5.21. The van der Waals surface area contributed by atoms with Crippen LogP contribution in [0.1, 0.15) is 47.5 Å². The number of carbonyl (C=O) groups is 1. The Bertz CT molecular complexity index is 728. The fourth-order valence-corrected chi connectivity index (χ4v) is 2.92. The number of aryl methyl sites for hydroxylation is 1. The van der Waals surface area contributed by atoms with Crippen LogP contribution in [0.2, 0.25) is 0 Å². The molecule has 128 valence electrons. The van der Waals surface area contributed by atoms with Gasteiger partial charge in [0.25, 0.3) is 5.91 Å². The molecule has 3 heterocycles. The lowest BCUT2D eigenvalue weighted by Gasteiger charge is -2.16. The van der Waals surface area contributed by atoms with Crippen LogP contribution in [0, 0.1) is 12.8 Å². The molecular formula is C17H22N4O3. The molecule has 0 bridgehead atoms. The van der Waals surface area contributed by atoms with E-state index in [1.165, 1.54) is 0 Å². The summed E-state index contributed by atoms with van der Waals surface area (Å²) in [4.78, 5) is 22.8. The lowest BCUT2D eigenvalue weighted by atomic mass is 10.0. The standard InChI is InChI=1S/C17H22N4O3/c1-10(2)16-18-5-4-14(19-16)17(23)21-8-12(15(22)9-21)7-13-6-11(3)20-24-13/h4-6,10,12,15,22H,7-9H2,1-3H3/t12-,15+/m1/s1. The molecule has 24 heavy (non-hydrogen) atoms. The Hall–Kier alpha value is -2.28. The third kappa shape index (κ3) is 3.46. The molecular weight excluding hydrogens is 308 g/mol. The fraction of sp³-hybridized carbons (Fsp3) is 0.529. The van der Waals surface area contributed by atoms with Crippen LogP contribution in [0.15, 0.2) is 22.9 Å². The maximum Gasteiger partial charge on any atom is 0.272 e. The fourth-order valence-electron chi connectivity index (χ4n) is 2.92. The van der Waals surface area contributed by atoms with Gasteiger partial charge in [-0.2, -0.15) is 0 Å². The van der Waals surface area contributed by atoms with Crippen LogP contribution in [0.5, 0.6) is 0 Å². The van der Waals surface area contributed by atoms with Crippen molar-refractivity contribution in [1.82, 2.24) is 20.0 Å². The molecule has 2 atom stereocenters. The van der Waals surface area contributed by atoms with Crippen LogP contribution in [-0.2, 0) is 6.42 Å². The second kappa shape index (κ2) is 6.68. The van der Waals surface area contributed by atoms with Crippen LogP contribution >= 0.6 is 0 Å². The van der Waals surface area contributed by atoms with E-state index in [9.17, 15) is 9.90 Å². The van der Waals surface area contributed by atoms with Crippen LogP contribution in [0.4, 0.5) is 0 Å². The molecule has 2 aromatic rings. The molecule has 7 nitrogen and oxygen atoms in total. The summed E-state index contributed by atoms with van der Waals surface area (Å²) in [5.41, 5.74) is 1.18. The molecule has 3 rings (SSSR count). The van der Waals surface area contributed by atoms with Crippen LogP contribution < -0.4 is 0 Å². The summed E-state index contributed by atoms with van der Waals surface area (Å²) in [6.45, 7) is 6.60. The summed E-state index contributed by atoms with van der Waals surface area (Å²) in [6, 6.07) is 3.48. The summed E-state index contributed by atoms with van der Waals surface area (Å²) in [5, 5.41) is 14.1. The van der Waals surface area contributed by atoms with Crippen molar-refractivity contribution in [2.24, 2.45) is 5.92 Å². The second-order valence-electron chi connectivity index (χ2n) is 6.63. The van der Waals surface area contributed by atoms with Gasteiger partial charge in [0.2, 0.25) is 0 Å². The lowest BCUT2D eigenvalue weighted by Crippen LogP contribution is -2.30.